The topological polar surface area (TPSA) is 79.9 Å². The van der Waals surface area contributed by atoms with Gasteiger partial charge in [0.1, 0.15) is 24.6 Å². The molecule has 3 aromatic rings. The van der Waals surface area contributed by atoms with Crippen molar-refractivity contribution in [2.24, 2.45) is 0 Å². The Morgan fingerprint density at radius 3 is 1.75 bits per heavy atom. The molecule has 0 atom stereocenters. The predicted octanol–water partition coefficient (Wildman–Crippen LogP) is 1.82. The minimum absolute atomic E-state index is 0.358. The maximum atomic E-state index is 5.84. The van der Waals surface area contributed by atoms with Crippen LogP contribution in [0, 0.1) is 0 Å². The van der Waals surface area contributed by atoms with Crippen LogP contribution in [0.25, 0.3) is 0 Å². The number of benzene rings is 1. The SMILES string of the molecule is c1ccc2c(c1)OCc1cn(nn1)CCCCn1cc(nn1)CO2. The van der Waals surface area contributed by atoms with Crippen LogP contribution < -0.4 is 9.47 Å². The maximum absolute atomic E-state index is 5.84. The predicted molar refractivity (Wildman–Crippen MR) is 84.4 cm³/mol. The normalized spacial score (nSPS) is 15.2. The third-order valence-corrected chi connectivity index (χ3v) is 3.80. The van der Waals surface area contributed by atoms with E-state index in [1.165, 1.54) is 0 Å². The van der Waals surface area contributed by atoms with Crippen LogP contribution >= 0.6 is 0 Å². The molecule has 0 amide bonds. The van der Waals surface area contributed by atoms with E-state index < -0.39 is 0 Å². The number of hydrogen-bond donors (Lipinski definition) is 0. The molecule has 0 saturated heterocycles. The monoisotopic (exact) mass is 326 g/mol. The summed E-state index contributed by atoms with van der Waals surface area (Å²) in [4.78, 5) is 0. The molecule has 24 heavy (non-hydrogen) atoms. The molecule has 0 N–H and O–H groups in total. The molecule has 4 rings (SSSR count). The molecule has 0 saturated carbocycles. The van der Waals surface area contributed by atoms with E-state index in [0.29, 0.717) is 24.7 Å². The fourth-order valence-corrected chi connectivity index (χ4v) is 2.57. The lowest BCUT2D eigenvalue weighted by molar-refractivity contribution is 0.251. The van der Waals surface area contributed by atoms with Crippen molar-refractivity contribution in [1.29, 1.82) is 0 Å². The Hall–Kier alpha value is -2.90. The largest absolute Gasteiger partial charge is 0.483 e. The highest BCUT2D eigenvalue weighted by Gasteiger charge is 2.09. The first-order chi connectivity index (χ1) is 11.9. The van der Waals surface area contributed by atoms with Crippen LogP contribution in [0.3, 0.4) is 0 Å². The zero-order valence-corrected chi connectivity index (χ0v) is 13.2. The average Bonchev–Trinajstić information content (AvgIpc) is 3.24. The highest BCUT2D eigenvalue weighted by atomic mass is 16.5. The van der Waals surface area contributed by atoms with E-state index in [0.717, 1.165) is 37.3 Å². The van der Waals surface area contributed by atoms with Crippen molar-refractivity contribution in [3.05, 3.63) is 48.0 Å². The second-order valence-corrected chi connectivity index (χ2v) is 5.68. The zero-order chi connectivity index (χ0) is 16.2. The summed E-state index contributed by atoms with van der Waals surface area (Å²) in [6.45, 7) is 2.37. The molecule has 4 bridgehead atoms. The number of nitrogens with zero attached hydrogens (tertiary/aromatic N) is 6. The number of aromatic nitrogens is 6. The Kier molecular flexibility index (Phi) is 4.09. The van der Waals surface area contributed by atoms with E-state index >= 15 is 0 Å². The lowest BCUT2D eigenvalue weighted by Crippen LogP contribution is -2.03. The van der Waals surface area contributed by atoms with Crippen LogP contribution in [0.4, 0.5) is 0 Å². The quantitative estimate of drug-likeness (QED) is 0.627. The lowest BCUT2D eigenvalue weighted by atomic mass is 10.3. The summed E-state index contributed by atoms with van der Waals surface area (Å²) in [5, 5.41) is 16.6. The van der Waals surface area contributed by atoms with Gasteiger partial charge in [0.2, 0.25) is 0 Å². The van der Waals surface area contributed by atoms with E-state index in [4.69, 9.17) is 9.47 Å². The molecule has 1 aliphatic rings. The van der Waals surface area contributed by atoms with Gasteiger partial charge in [-0.15, -0.1) is 10.2 Å². The lowest BCUT2D eigenvalue weighted by Gasteiger charge is -2.11. The molecule has 0 unspecified atom stereocenters. The van der Waals surface area contributed by atoms with E-state index in [2.05, 4.69) is 20.6 Å². The molecular formula is C16H18N6O2. The van der Waals surface area contributed by atoms with E-state index in [-0.39, 0.29) is 0 Å². The van der Waals surface area contributed by atoms with Gasteiger partial charge in [-0.1, -0.05) is 22.6 Å². The minimum Gasteiger partial charge on any atom is -0.483 e. The van der Waals surface area contributed by atoms with Gasteiger partial charge >= 0.3 is 0 Å². The van der Waals surface area contributed by atoms with Gasteiger partial charge < -0.3 is 9.47 Å². The molecule has 0 aliphatic carbocycles. The fraction of sp³-hybridized carbons (Fsp3) is 0.375. The van der Waals surface area contributed by atoms with Gasteiger partial charge in [-0.05, 0) is 25.0 Å². The van der Waals surface area contributed by atoms with Gasteiger partial charge in [-0.3, -0.25) is 9.36 Å². The number of rotatable bonds is 0. The van der Waals surface area contributed by atoms with Gasteiger partial charge in [0.25, 0.3) is 0 Å². The third kappa shape index (κ3) is 3.37. The molecule has 1 aromatic carbocycles. The first-order valence-corrected chi connectivity index (χ1v) is 7.99. The van der Waals surface area contributed by atoms with Gasteiger partial charge in [0, 0.05) is 13.1 Å². The Morgan fingerprint density at radius 2 is 1.25 bits per heavy atom. The van der Waals surface area contributed by atoms with Crippen LogP contribution in [0.1, 0.15) is 24.2 Å². The van der Waals surface area contributed by atoms with Crippen molar-refractivity contribution in [2.75, 3.05) is 0 Å². The van der Waals surface area contributed by atoms with Crippen LogP contribution in [0.15, 0.2) is 36.7 Å². The summed E-state index contributed by atoms with van der Waals surface area (Å²) in [6.07, 6.45) is 5.84. The average molecular weight is 326 g/mol. The number of fused-ring (bicyclic) bond motifs is 5. The van der Waals surface area contributed by atoms with Crippen molar-refractivity contribution in [3.8, 4) is 11.5 Å². The summed E-state index contributed by atoms with van der Waals surface area (Å²) in [5.74, 6) is 1.35. The molecule has 2 aromatic heterocycles. The summed E-state index contributed by atoms with van der Waals surface area (Å²) in [7, 11) is 0. The zero-order valence-electron chi connectivity index (χ0n) is 13.2. The number of hydrogen-bond acceptors (Lipinski definition) is 6. The molecule has 124 valence electrons. The summed E-state index contributed by atoms with van der Waals surface area (Å²) >= 11 is 0. The highest BCUT2D eigenvalue weighted by Crippen LogP contribution is 2.27. The Morgan fingerprint density at radius 1 is 0.750 bits per heavy atom. The molecule has 0 spiro atoms. The first kappa shape index (κ1) is 14.7. The van der Waals surface area contributed by atoms with E-state index in [1.54, 1.807) is 0 Å². The van der Waals surface area contributed by atoms with Gasteiger partial charge in [0.05, 0.1) is 12.4 Å². The Balaban J connectivity index is 1.58. The smallest absolute Gasteiger partial charge is 0.161 e. The van der Waals surface area contributed by atoms with Crippen LogP contribution in [0.5, 0.6) is 11.5 Å². The van der Waals surface area contributed by atoms with Crippen molar-refractivity contribution >= 4 is 0 Å². The van der Waals surface area contributed by atoms with Crippen molar-refractivity contribution < 1.29 is 9.47 Å². The second-order valence-electron chi connectivity index (χ2n) is 5.68. The maximum Gasteiger partial charge on any atom is 0.161 e. The molecule has 0 fully saturated rings. The van der Waals surface area contributed by atoms with Crippen molar-refractivity contribution in [2.45, 2.75) is 39.1 Å². The molecule has 1 aliphatic heterocycles. The molecule has 8 heteroatoms. The van der Waals surface area contributed by atoms with Gasteiger partial charge in [-0.25, -0.2) is 0 Å². The van der Waals surface area contributed by atoms with E-state index in [9.17, 15) is 0 Å². The first-order valence-electron chi connectivity index (χ1n) is 7.99. The van der Waals surface area contributed by atoms with Gasteiger partial charge in [-0.2, -0.15) is 0 Å². The van der Waals surface area contributed by atoms with E-state index in [1.807, 2.05) is 46.0 Å². The van der Waals surface area contributed by atoms with Crippen molar-refractivity contribution in [1.82, 2.24) is 30.0 Å². The summed E-state index contributed by atoms with van der Waals surface area (Å²) < 4.78 is 15.4. The molecule has 0 radical (unpaired) electrons. The Bertz CT molecular complexity index is 745. The standard InChI is InChI=1S/C16H18N6O2/c1-2-6-16-15(5-1)23-11-13-9-21(19-17-13)7-3-4-8-22-10-14(12-24-16)18-20-22/h1-2,5-6,9-10H,3-4,7-8,11-12H2. The van der Waals surface area contributed by atoms with Crippen molar-refractivity contribution in [3.63, 3.8) is 0 Å². The van der Waals surface area contributed by atoms with Gasteiger partial charge in [0.15, 0.2) is 11.5 Å². The summed E-state index contributed by atoms with van der Waals surface area (Å²) in [6, 6.07) is 7.57. The second kappa shape index (κ2) is 6.69. The van der Waals surface area contributed by atoms with Crippen LogP contribution in [-0.4, -0.2) is 30.0 Å². The molecule has 8 nitrogen and oxygen atoms in total. The minimum atomic E-state index is 0.358. The molecule has 3 heterocycles. The summed E-state index contributed by atoms with van der Waals surface area (Å²) in [5.41, 5.74) is 1.60. The number of ether oxygens (including phenoxy) is 2. The molecular weight excluding hydrogens is 308 g/mol. The van der Waals surface area contributed by atoms with Crippen LogP contribution in [-0.2, 0) is 26.3 Å². The number of para-hydroxylation sites is 2. The number of aryl methyl sites for hydroxylation is 2. The highest BCUT2D eigenvalue weighted by molar-refractivity contribution is 5.39. The fourth-order valence-electron chi connectivity index (χ4n) is 2.57. The van der Waals surface area contributed by atoms with Crippen LogP contribution in [0.2, 0.25) is 0 Å². The third-order valence-electron chi connectivity index (χ3n) is 3.80. The Labute approximate surface area is 139 Å².